The maximum Gasteiger partial charge on any atom is 0.244 e. The number of sulfonamides is 1. The lowest BCUT2D eigenvalue weighted by atomic mass is 10.0. The molecule has 1 amide bonds. The van der Waals surface area contributed by atoms with E-state index in [0.717, 1.165) is 27.3 Å². The lowest BCUT2D eigenvalue weighted by Crippen LogP contribution is -2.48. The summed E-state index contributed by atoms with van der Waals surface area (Å²) >= 11 is 0. The molecule has 0 aliphatic heterocycles. The van der Waals surface area contributed by atoms with Gasteiger partial charge in [0.2, 0.25) is 15.9 Å². The van der Waals surface area contributed by atoms with Crippen LogP contribution in [0.5, 0.6) is 11.5 Å². The highest BCUT2D eigenvalue weighted by atomic mass is 32.2. The van der Waals surface area contributed by atoms with Crippen molar-refractivity contribution in [1.29, 1.82) is 0 Å². The van der Waals surface area contributed by atoms with Gasteiger partial charge in [0.1, 0.15) is 6.04 Å². The fourth-order valence-corrected chi connectivity index (χ4v) is 4.62. The van der Waals surface area contributed by atoms with Gasteiger partial charge in [-0.25, -0.2) is 8.42 Å². The van der Waals surface area contributed by atoms with Crippen molar-refractivity contribution < 1.29 is 22.7 Å². The van der Waals surface area contributed by atoms with Crippen molar-refractivity contribution in [2.75, 3.05) is 24.8 Å². The zero-order chi connectivity index (χ0) is 23.3. The number of methoxy groups -OCH3 is 2. The van der Waals surface area contributed by atoms with Crippen LogP contribution in [-0.2, 0) is 14.8 Å². The molecule has 31 heavy (non-hydrogen) atoms. The molecular formula is C23H32N2O5S. The van der Waals surface area contributed by atoms with Crippen LogP contribution in [0.1, 0.15) is 43.0 Å². The Balaban J connectivity index is 2.33. The van der Waals surface area contributed by atoms with E-state index in [-0.39, 0.29) is 11.9 Å². The third kappa shape index (κ3) is 5.70. The van der Waals surface area contributed by atoms with Gasteiger partial charge in [0.25, 0.3) is 0 Å². The zero-order valence-corrected chi connectivity index (χ0v) is 20.0. The molecule has 0 spiro atoms. The van der Waals surface area contributed by atoms with Crippen LogP contribution in [0.25, 0.3) is 0 Å². The Morgan fingerprint density at radius 1 is 1.03 bits per heavy atom. The molecule has 0 saturated heterocycles. The Labute approximate surface area is 185 Å². The van der Waals surface area contributed by atoms with E-state index in [1.54, 1.807) is 39.3 Å². The Kier molecular flexibility index (Phi) is 7.95. The smallest absolute Gasteiger partial charge is 0.244 e. The van der Waals surface area contributed by atoms with Gasteiger partial charge in [0.15, 0.2) is 11.5 Å². The summed E-state index contributed by atoms with van der Waals surface area (Å²) in [6.07, 6.45) is 1.73. The standard InChI is InChI=1S/C23H32N2O5S/c1-8-20(18-10-12-21(29-5)22(14-18)30-6)24-23(26)17(4)25(31(7,27)28)19-11-9-15(2)16(3)13-19/h9-14,17,20H,8H2,1-7H3,(H,24,26)/t17-,20-/m1/s1. The molecule has 170 valence electrons. The van der Waals surface area contributed by atoms with Crippen LogP contribution in [0.15, 0.2) is 36.4 Å². The van der Waals surface area contributed by atoms with Gasteiger partial charge < -0.3 is 14.8 Å². The van der Waals surface area contributed by atoms with Gasteiger partial charge >= 0.3 is 0 Å². The van der Waals surface area contributed by atoms with E-state index in [2.05, 4.69) is 5.32 Å². The second kappa shape index (κ2) is 10.0. The van der Waals surface area contributed by atoms with Crippen molar-refractivity contribution in [3.05, 3.63) is 53.1 Å². The Hall–Kier alpha value is -2.74. The summed E-state index contributed by atoms with van der Waals surface area (Å²) in [6.45, 7) is 7.40. The molecule has 2 rings (SSSR count). The molecule has 0 radical (unpaired) electrons. The molecule has 0 aliphatic carbocycles. The molecule has 0 bridgehead atoms. The average molecular weight is 449 g/mol. The number of benzene rings is 2. The molecule has 2 atom stereocenters. The first kappa shape index (κ1) is 24.5. The fourth-order valence-electron chi connectivity index (χ4n) is 3.45. The number of hydrogen-bond donors (Lipinski definition) is 1. The van der Waals surface area contributed by atoms with Gasteiger partial charge in [-0.05, 0) is 68.1 Å². The van der Waals surface area contributed by atoms with Gasteiger partial charge in [-0.15, -0.1) is 0 Å². The van der Waals surface area contributed by atoms with E-state index in [1.165, 1.54) is 0 Å². The highest BCUT2D eigenvalue weighted by Gasteiger charge is 2.30. The SMILES string of the molecule is CC[C@@H](NC(=O)[C@@H](C)N(c1ccc(C)c(C)c1)S(C)(=O)=O)c1ccc(OC)c(OC)c1. The van der Waals surface area contributed by atoms with Crippen LogP contribution in [-0.4, -0.2) is 40.8 Å². The van der Waals surface area contributed by atoms with Crippen molar-refractivity contribution in [2.24, 2.45) is 0 Å². The fraction of sp³-hybridized carbons (Fsp3) is 0.435. The van der Waals surface area contributed by atoms with Crippen molar-refractivity contribution >= 4 is 21.6 Å². The van der Waals surface area contributed by atoms with Crippen LogP contribution in [0, 0.1) is 13.8 Å². The molecule has 0 fully saturated rings. The maximum absolute atomic E-state index is 13.1. The summed E-state index contributed by atoms with van der Waals surface area (Å²) in [5.41, 5.74) is 3.31. The molecule has 7 nitrogen and oxygen atoms in total. The molecule has 0 heterocycles. The van der Waals surface area contributed by atoms with Crippen molar-refractivity contribution in [3.8, 4) is 11.5 Å². The van der Waals surface area contributed by atoms with Crippen LogP contribution in [0.3, 0.4) is 0 Å². The number of ether oxygens (including phenoxy) is 2. The number of rotatable bonds is 9. The van der Waals surface area contributed by atoms with Gasteiger partial charge in [-0.3, -0.25) is 9.10 Å². The molecule has 0 unspecified atom stereocenters. The number of carbonyl (C=O) groups excluding carboxylic acids is 1. The Morgan fingerprint density at radius 2 is 1.68 bits per heavy atom. The summed E-state index contributed by atoms with van der Waals surface area (Å²) in [5.74, 6) is 0.776. The molecule has 0 saturated carbocycles. The van der Waals surface area contributed by atoms with E-state index in [1.807, 2.05) is 39.0 Å². The molecule has 0 aliphatic rings. The number of amides is 1. The third-order valence-electron chi connectivity index (χ3n) is 5.37. The minimum absolute atomic E-state index is 0.309. The van der Waals surface area contributed by atoms with Crippen molar-refractivity contribution in [3.63, 3.8) is 0 Å². The van der Waals surface area contributed by atoms with Crippen LogP contribution < -0.4 is 19.1 Å². The number of hydrogen-bond acceptors (Lipinski definition) is 5. The summed E-state index contributed by atoms with van der Waals surface area (Å²) in [5, 5.41) is 2.98. The quantitative estimate of drug-likeness (QED) is 0.632. The van der Waals surface area contributed by atoms with E-state index in [9.17, 15) is 13.2 Å². The lowest BCUT2D eigenvalue weighted by molar-refractivity contribution is -0.122. The largest absolute Gasteiger partial charge is 0.493 e. The summed E-state index contributed by atoms with van der Waals surface area (Å²) < 4.78 is 36.9. The normalized spacial score (nSPS) is 13.3. The summed E-state index contributed by atoms with van der Waals surface area (Å²) in [6, 6.07) is 9.58. The second-order valence-corrected chi connectivity index (χ2v) is 9.45. The topological polar surface area (TPSA) is 84.9 Å². The highest BCUT2D eigenvalue weighted by Crippen LogP contribution is 2.31. The van der Waals surface area contributed by atoms with Crippen LogP contribution in [0.4, 0.5) is 5.69 Å². The number of nitrogens with zero attached hydrogens (tertiary/aromatic N) is 1. The predicted octanol–water partition coefficient (Wildman–Crippen LogP) is 3.74. The third-order valence-corrected chi connectivity index (χ3v) is 6.61. The predicted molar refractivity (Wildman–Crippen MR) is 123 cm³/mol. The molecule has 1 N–H and O–H groups in total. The van der Waals surface area contributed by atoms with Gasteiger partial charge in [0, 0.05) is 0 Å². The molecule has 8 heteroatoms. The molecule has 2 aromatic rings. The first-order chi connectivity index (χ1) is 14.5. The molecular weight excluding hydrogens is 416 g/mol. The van der Waals surface area contributed by atoms with E-state index in [4.69, 9.17) is 9.47 Å². The Bertz CT molecular complexity index is 1040. The van der Waals surface area contributed by atoms with Crippen LogP contribution >= 0.6 is 0 Å². The van der Waals surface area contributed by atoms with Gasteiger partial charge in [-0.2, -0.15) is 0 Å². The highest BCUT2D eigenvalue weighted by molar-refractivity contribution is 7.92. The monoisotopic (exact) mass is 448 g/mol. The first-order valence-corrected chi connectivity index (χ1v) is 12.0. The molecule has 0 aromatic heterocycles. The maximum atomic E-state index is 13.1. The lowest BCUT2D eigenvalue weighted by Gasteiger charge is -2.30. The van der Waals surface area contributed by atoms with E-state index in [0.29, 0.717) is 23.6 Å². The van der Waals surface area contributed by atoms with Crippen molar-refractivity contribution in [2.45, 2.75) is 46.2 Å². The minimum Gasteiger partial charge on any atom is -0.493 e. The zero-order valence-electron chi connectivity index (χ0n) is 19.2. The minimum atomic E-state index is -3.68. The number of aryl methyl sites for hydroxylation is 2. The van der Waals surface area contributed by atoms with E-state index >= 15 is 0 Å². The van der Waals surface area contributed by atoms with Crippen molar-refractivity contribution in [1.82, 2.24) is 5.32 Å². The average Bonchev–Trinajstić information content (AvgIpc) is 2.72. The van der Waals surface area contributed by atoms with E-state index < -0.39 is 16.1 Å². The first-order valence-electron chi connectivity index (χ1n) is 10.1. The summed E-state index contributed by atoms with van der Waals surface area (Å²) in [4.78, 5) is 13.1. The molecule has 2 aromatic carbocycles. The summed E-state index contributed by atoms with van der Waals surface area (Å²) in [7, 11) is -0.570. The number of nitrogens with one attached hydrogen (secondary N) is 1. The number of carbonyl (C=O) groups is 1. The van der Waals surface area contributed by atoms with Gasteiger partial charge in [-0.1, -0.05) is 19.1 Å². The van der Waals surface area contributed by atoms with Gasteiger partial charge in [0.05, 0.1) is 32.2 Å². The number of anilines is 1. The second-order valence-electron chi connectivity index (χ2n) is 7.59. The Morgan fingerprint density at radius 3 is 2.19 bits per heavy atom. The van der Waals surface area contributed by atoms with Crippen LogP contribution in [0.2, 0.25) is 0 Å².